The molecule has 0 fully saturated rings. The quantitative estimate of drug-likeness (QED) is 0.187. The van der Waals surface area contributed by atoms with Gasteiger partial charge in [-0.25, -0.2) is 0 Å². The molecule has 0 bridgehead atoms. The lowest BCUT2D eigenvalue weighted by Crippen LogP contribution is -2.36. The van der Waals surface area contributed by atoms with Gasteiger partial charge in [0.2, 0.25) is 0 Å². The molecule has 8 aromatic rings. The molecule has 0 amide bonds. The Bertz CT molecular complexity index is 2650. The lowest BCUT2D eigenvalue weighted by atomic mass is 9.61. The van der Waals surface area contributed by atoms with E-state index in [4.69, 9.17) is 9.47 Å². The fraction of sp³-hybridized carbons (Fsp3) is 0.0400. The van der Waals surface area contributed by atoms with E-state index < -0.39 is 5.41 Å². The van der Waals surface area contributed by atoms with Gasteiger partial charge in [-0.3, -0.25) is 0 Å². The van der Waals surface area contributed by atoms with Crippen molar-refractivity contribution in [3.05, 3.63) is 227 Å². The van der Waals surface area contributed by atoms with Gasteiger partial charge < -0.3 is 9.47 Å². The Kier molecular flexibility index (Phi) is 6.26. The van der Waals surface area contributed by atoms with E-state index in [1.165, 1.54) is 38.9 Å². The number of ether oxygens (including phenoxy) is 2. The molecular weight excluding hydrogens is 633 g/mol. The van der Waals surface area contributed by atoms with Crippen LogP contribution in [0.15, 0.2) is 188 Å². The topological polar surface area (TPSA) is 18.5 Å². The second-order valence-corrected chi connectivity index (χ2v) is 13.9. The van der Waals surface area contributed by atoms with Crippen molar-refractivity contribution in [1.29, 1.82) is 0 Å². The molecule has 1 spiro atoms. The highest BCUT2D eigenvalue weighted by atomic mass is 16.5. The molecular formula is C50H32O2. The largest absolute Gasteiger partial charge is 0.457 e. The van der Waals surface area contributed by atoms with Crippen molar-refractivity contribution in [3.63, 3.8) is 0 Å². The molecule has 2 atom stereocenters. The SMILES string of the molecule is c1ccc(-c2ccc3c(c2)C2(c4ccccc4O3)c3ccccc3Oc3ccc(-c4cccc5c4-c4ccccc4C5c4ccccc4)cc32)cc1. The number of fused-ring (bicyclic) bond motifs is 11. The van der Waals surface area contributed by atoms with Crippen molar-refractivity contribution in [2.45, 2.75) is 11.3 Å². The van der Waals surface area contributed by atoms with E-state index in [1.807, 2.05) is 0 Å². The molecule has 244 valence electrons. The first-order valence-corrected chi connectivity index (χ1v) is 18.0. The summed E-state index contributed by atoms with van der Waals surface area (Å²) in [6.07, 6.45) is 0. The van der Waals surface area contributed by atoms with Crippen molar-refractivity contribution in [1.82, 2.24) is 0 Å². The Morgan fingerprint density at radius 2 is 0.865 bits per heavy atom. The molecule has 11 rings (SSSR count). The zero-order chi connectivity index (χ0) is 34.2. The summed E-state index contributed by atoms with van der Waals surface area (Å²) >= 11 is 0. The van der Waals surface area contributed by atoms with Crippen molar-refractivity contribution in [3.8, 4) is 56.4 Å². The van der Waals surface area contributed by atoms with Crippen LogP contribution in [0.1, 0.15) is 44.9 Å². The number of hydrogen-bond donors (Lipinski definition) is 0. The van der Waals surface area contributed by atoms with Crippen LogP contribution in [0.2, 0.25) is 0 Å². The minimum atomic E-state index is -0.697. The Morgan fingerprint density at radius 3 is 1.58 bits per heavy atom. The zero-order valence-electron chi connectivity index (χ0n) is 28.3. The van der Waals surface area contributed by atoms with Crippen molar-refractivity contribution in [2.75, 3.05) is 0 Å². The van der Waals surface area contributed by atoms with Gasteiger partial charge in [-0.05, 0) is 86.5 Å². The maximum absolute atomic E-state index is 6.82. The van der Waals surface area contributed by atoms with Crippen molar-refractivity contribution < 1.29 is 9.47 Å². The van der Waals surface area contributed by atoms with Gasteiger partial charge >= 0.3 is 0 Å². The van der Waals surface area contributed by atoms with E-state index in [2.05, 4.69) is 188 Å². The normalized spacial score (nSPS) is 17.0. The van der Waals surface area contributed by atoms with Crippen molar-refractivity contribution >= 4 is 0 Å². The van der Waals surface area contributed by atoms with Crippen LogP contribution in [0.4, 0.5) is 0 Å². The number of para-hydroxylation sites is 2. The summed E-state index contributed by atoms with van der Waals surface area (Å²) in [4.78, 5) is 0. The summed E-state index contributed by atoms with van der Waals surface area (Å²) in [6, 6.07) is 67.7. The molecule has 2 aliphatic heterocycles. The Morgan fingerprint density at radius 1 is 0.346 bits per heavy atom. The molecule has 3 aliphatic rings. The van der Waals surface area contributed by atoms with Gasteiger partial charge in [0.05, 0.1) is 5.41 Å². The Balaban J connectivity index is 1.20. The van der Waals surface area contributed by atoms with E-state index in [0.717, 1.165) is 56.4 Å². The molecule has 0 saturated heterocycles. The molecule has 2 unspecified atom stereocenters. The third-order valence-corrected chi connectivity index (χ3v) is 11.3. The predicted molar refractivity (Wildman–Crippen MR) is 209 cm³/mol. The summed E-state index contributed by atoms with van der Waals surface area (Å²) < 4.78 is 13.6. The van der Waals surface area contributed by atoms with Gasteiger partial charge in [0.1, 0.15) is 23.0 Å². The minimum absolute atomic E-state index is 0.178. The number of rotatable bonds is 3. The first-order valence-electron chi connectivity index (χ1n) is 18.0. The third-order valence-electron chi connectivity index (χ3n) is 11.3. The highest BCUT2D eigenvalue weighted by Gasteiger charge is 2.51. The van der Waals surface area contributed by atoms with Gasteiger partial charge in [-0.1, -0.05) is 152 Å². The standard InChI is InChI=1S/C50H32O2/c1-3-14-32(15-4-1)34-26-28-46-42(30-34)50(40-22-9-11-24-44(40)51-46)41-23-10-12-25-45(41)52-47-29-27-35(31-43(47)50)36-20-13-21-39-48(33-16-5-2-6-17-33)37-18-7-8-19-38(37)49(36)39/h1-31,48H. The fourth-order valence-electron chi connectivity index (χ4n) is 9.14. The molecule has 2 heterocycles. The monoisotopic (exact) mass is 664 g/mol. The molecule has 2 nitrogen and oxygen atoms in total. The van der Waals surface area contributed by atoms with Gasteiger partial charge in [0, 0.05) is 28.2 Å². The molecule has 8 aromatic carbocycles. The van der Waals surface area contributed by atoms with Crippen LogP contribution in [0.3, 0.4) is 0 Å². The number of hydrogen-bond acceptors (Lipinski definition) is 2. The van der Waals surface area contributed by atoms with Gasteiger partial charge in [0.25, 0.3) is 0 Å². The third kappa shape index (κ3) is 4.06. The van der Waals surface area contributed by atoms with Crippen LogP contribution in [0.25, 0.3) is 33.4 Å². The smallest absolute Gasteiger partial charge is 0.132 e. The average molecular weight is 665 g/mol. The summed E-state index contributed by atoms with van der Waals surface area (Å²) in [6.45, 7) is 0. The van der Waals surface area contributed by atoms with Crippen LogP contribution in [0.5, 0.6) is 23.0 Å². The molecule has 0 N–H and O–H groups in total. The lowest BCUT2D eigenvalue weighted by Gasteiger charge is -2.45. The van der Waals surface area contributed by atoms with Crippen LogP contribution < -0.4 is 9.47 Å². The minimum Gasteiger partial charge on any atom is -0.457 e. The second kappa shape index (κ2) is 11.2. The molecule has 2 heteroatoms. The summed E-state index contributed by atoms with van der Waals surface area (Å²) in [5.41, 5.74) is 15.0. The van der Waals surface area contributed by atoms with Crippen LogP contribution in [-0.2, 0) is 5.41 Å². The lowest BCUT2D eigenvalue weighted by molar-refractivity contribution is 0.399. The molecule has 52 heavy (non-hydrogen) atoms. The summed E-state index contributed by atoms with van der Waals surface area (Å²) in [5, 5.41) is 0. The fourth-order valence-corrected chi connectivity index (χ4v) is 9.14. The Hall–Kier alpha value is -6.64. The van der Waals surface area contributed by atoms with E-state index >= 15 is 0 Å². The van der Waals surface area contributed by atoms with Gasteiger partial charge in [-0.15, -0.1) is 0 Å². The Labute approximate surface area is 303 Å². The average Bonchev–Trinajstić information content (AvgIpc) is 3.56. The maximum Gasteiger partial charge on any atom is 0.132 e. The molecule has 0 saturated carbocycles. The van der Waals surface area contributed by atoms with Crippen LogP contribution in [0, 0.1) is 0 Å². The highest BCUT2D eigenvalue weighted by molar-refractivity contribution is 5.93. The molecule has 1 aliphatic carbocycles. The maximum atomic E-state index is 6.82. The van der Waals surface area contributed by atoms with Crippen molar-refractivity contribution in [2.24, 2.45) is 0 Å². The predicted octanol–water partition coefficient (Wildman–Crippen LogP) is 12.8. The molecule has 0 radical (unpaired) electrons. The second-order valence-electron chi connectivity index (χ2n) is 13.9. The number of benzene rings is 8. The first-order chi connectivity index (χ1) is 25.8. The summed E-state index contributed by atoms with van der Waals surface area (Å²) in [5.74, 6) is 3.60. The van der Waals surface area contributed by atoms with Gasteiger partial charge in [0.15, 0.2) is 0 Å². The zero-order valence-corrected chi connectivity index (χ0v) is 28.3. The van der Waals surface area contributed by atoms with Gasteiger partial charge in [-0.2, -0.15) is 0 Å². The van der Waals surface area contributed by atoms with E-state index in [9.17, 15) is 0 Å². The summed E-state index contributed by atoms with van der Waals surface area (Å²) in [7, 11) is 0. The van der Waals surface area contributed by atoms with Crippen LogP contribution in [-0.4, -0.2) is 0 Å². The van der Waals surface area contributed by atoms with E-state index in [1.54, 1.807) is 0 Å². The van der Waals surface area contributed by atoms with E-state index in [0.29, 0.717) is 0 Å². The first kappa shape index (κ1) is 29.1. The van der Waals surface area contributed by atoms with E-state index in [-0.39, 0.29) is 5.92 Å². The van der Waals surface area contributed by atoms with Crippen LogP contribution >= 0.6 is 0 Å². The molecule has 0 aromatic heterocycles. The highest BCUT2D eigenvalue weighted by Crippen LogP contribution is 2.62.